The number of carbonyl (C=O) groups excluding carboxylic acids is 2. The number of aromatic nitrogens is 1. The van der Waals surface area contributed by atoms with Crippen molar-refractivity contribution >= 4 is 39.6 Å². The van der Waals surface area contributed by atoms with E-state index in [-0.39, 0.29) is 6.04 Å². The summed E-state index contributed by atoms with van der Waals surface area (Å²) in [6.07, 6.45) is 1.57. The molecule has 2 rings (SSSR count). The molecule has 2 aromatic rings. The van der Waals surface area contributed by atoms with Gasteiger partial charge in [0.05, 0.1) is 6.04 Å². The Morgan fingerprint density at radius 2 is 2.10 bits per heavy atom. The molecule has 2 N–H and O–H groups in total. The lowest BCUT2D eigenvalue weighted by Crippen LogP contribution is -2.40. The Hall–Kier alpha value is -1.77. The van der Waals surface area contributed by atoms with Crippen LogP contribution in [0.4, 0.5) is 5.13 Å². The molecular weight excluding hydrogens is 308 g/mol. The molecule has 6 nitrogen and oxygen atoms in total. The number of likely N-dealkylation sites (N-methyl/N-ethyl adjacent to an activating group) is 1. The maximum atomic E-state index is 11.8. The van der Waals surface area contributed by atoms with Gasteiger partial charge >= 0.3 is 11.8 Å². The van der Waals surface area contributed by atoms with Gasteiger partial charge in [0.15, 0.2) is 5.13 Å². The van der Waals surface area contributed by atoms with Crippen LogP contribution in [0.1, 0.15) is 10.9 Å². The minimum absolute atomic E-state index is 0.0432. The summed E-state index contributed by atoms with van der Waals surface area (Å²) in [6, 6.07) is 4.02. The highest BCUT2D eigenvalue weighted by atomic mass is 32.1. The van der Waals surface area contributed by atoms with Gasteiger partial charge in [-0.25, -0.2) is 4.98 Å². The molecular formula is C13H16N4O2S2. The second-order valence-corrected chi connectivity index (χ2v) is 6.37. The van der Waals surface area contributed by atoms with E-state index in [0.29, 0.717) is 11.7 Å². The molecule has 0 aromatic carbocycles. The third-order valence-corrected chi connectivity index (χ3v) is 4.47. The lowest BCUT2D eigenvalue weighted by Gasteiger charge is -2.23. The number of hydrogen-bond acceptors (Lipinski definition) is 6. The highest BCUT2D eigenvalue weighted by Gasteiger charge is 2.19. The molecule has 0 bridgehead atoms. The van der Waals surface area contributed by atoms with E-state index < -0.39 is 11.8 Å². The monoisotopic (exact) mass is 324 g/mol. The van der Waals surface area contributed by atoms with Crippen LogP contribution in [-0.4, -0.2) is 42.3 Å². The van der Waals surface area contributed by atoms with Gasteiger partial charge in [-0.05, 0) is 25.5 Å². The van der Waals surface area contributed by atoms with Crippen molar-refractivity contribution in [3.8, 4) is 0 Å². The Bertz CT molecular complexity index is 581. The van der Waals surface area contributed by atoms with Crippen molar-refractivity contribution in [3.05, 3.63) is 34.0 Å². The summed E-state index contributed by atoms with van der Waals surface area (Å²) in [5.41, 5.74) is 0. The summed E-state index contributed by atoms with van der Waals surface area (Å²) in [4.78, 5) is 30.6. The third kappa shape index (κ3) is 4.35. The van der Waals surface area contributed by atoms with Crippen molar-refractivity contribution in [2.45, 2.75) is 6.04 Å². The first-order valence-corrected chi connectivity index (χ1v) is 8.02. The predicted molar refractivity (Wildman–Crippen MR) is 84.5 cm³/mol. The second kappa shape index (κ2) is 7.30. The zero-order chi connectivity index (χ0) is 15.2. The molecule has 0 unspecified atom stereocenters. The van der Waals surface area contributed by atoms with E-state index in [1.807, 2.05) is 36.5 Å². The van der Waals surface area contributed by atoms with E-state index in [1.165, 1.54) is 11.3 Å². The van der Waals surface area contributed by atoms with Crippen LogP contribution < -0.4 is 10.6 Å². The van der Waals surface area contributed by atoms with Crippen LogP contribution in [-0.2, 0) is 9.59 Å². The topological polar surface area (TPSA) is 74.3 Å². The Kier molecular flexibility index (Phi) is 5.43. The van der Waals surface area contributed by atoms with Crippen LogP contribution >= 0.6 is 22.7 Å². The van der Waals surface area contributed by atoms with Gasteiger partial charge < -0.3 is 10.2 Å². The highest BCUT2D eigenvalue weighted by molar-refractivity contribution is 7.13. The molecule has 0 fully saturated rings. The molecule has 0 radical (unpaired) electrons. The SMILES string of the molecule is CN(C)[C@@H](CNC(=O)C(=O)Nc1nccs1)c1cccs1. The number of nitrogens with one attached hydrogen (secondary N) is 2. The van der Waals surface area contributed by atoms with Crippen LogP contribution in [0.2, 0.25) is 0 Å². The van der Waals surface area contributed by atoms with Gasteiger partial charge in [0, 0.05) is 23.0 Å². The summed E-state index contributed by atoms with van der Waals surface area (Å²) >= 11 is 2.89. The van der Waals surface area contributed by atoms with Crippen molar-refractivity contribution in [3.63, 3.8) is 0 Å². The number of carbonyl (C=O) groups is 2. The van der Waals surface area contributed by atoms with Crippen molar-refractivity contribution in [2.75, 3.05) is 26.0 Å². The van der Waals surface area contributed by atoms with Crippen LogP contribution in [0, 0.1) is 0 Å². The lowest BCUT2D eigenvalue weighted by atomic mass is 10.2. The van der Waals surface area contributed by atoms with E-state index in [4.69, 9.17) is 0 Å². The first-order valence-electron chi connectivity index (χ1n) is 6.26. The smallest absolute Gasteiger partial charge is 0.315 e. The summed E-state index contributed by atoms with van der Waals surface area (Å²) in [5, 5.41) is 9.24. The maximum Gasteiger partial charge on any atom is 0.315 e. The fraction of sp³-hybridized carbons (Fsp3) is 0.308. The Morgan fingerprint density at radius 3 is 2.67 bits per heavy atom. The Balaban J connectivity index is 1.88. The molecule has 8 heteroatoms. The maximum absolute atomic E-state index is 11.8. The van der Waals surface area contributed by atoms with E-state index in [2.05, 4.69) is 15.6 Å². The number of thiophene rings is 1. The highest BCUT2D eigenvalue weighted by Crippen LogP contribution is 2.22. The number of anilines is 1. The van der Waals surface area contributed by atoms with Gasteiger partial charge in [-0.15, -0.1) is 22.7 Å². The Labute approximate surface area is 130 Å². The molecule has 2 heterocycles. The van der Waals surface area contributed by atoms with Gasteiger partial charge in [-0.2, -0.15) is 0 Å². The zero-order valence-corrected chi connectivity index (χ0v) is 13.3. The van der Waals surface area contributed by atoms with Gasteiger partial charge in [0.2, 0.25) is 0 Å². The number of amides is 2. The van der Waals surface area contributed by atoms with Crippen LogP contribution in [0.15, 0.2) is 29.1 Å². The molecule has 0 aliphatic carbocycles. The molecule has 0 aliphatic heterocycles. The number of hydrogen-bond donors (Lipinski definition) is 2. The number of thiazole rings is 1. The summed E-state index contributed by atoms with van der Waals surface area (Å²) < 4.78 is 0. The molecule has 1 atom stereocenters. The molecule has 0 saturated carbocycles. The molecule has 2 amide bonds. The first kappa shape index (κ1) is 15.6. The fourth-order valence-electron chi connectivity index (χ4n) is 1.73. The fourth-order valence-corrected chi connectivity index (χ4v) is 3.17. The third-order valence-electron chi connectivity index (χ3n) is 2.81. The molecule has 0 saturated heterocycles. The second-order valence-electron chi connectivity index (χ2n) is 4.50. The average Bonchev–Trinajstić information content (AvgIpc) is 3.11. The molecule has 21 heavy (non-hydrogen) atoms. The molecule has 2 aromatic heterocycles. The van der Waals surface area contributed by atoms with E-state index >= 15 is 0 Å². The van der Waals surface area contributed by atoms with E-state index in [0.717, 1.165) is 4.88 Å². The van der Waals surface area contributed by atoms with Crippen LogP contribution in [0.3, 0.4) is 0 Å². The normalized spacial score (nSPS) is 12.1. The van der Waals surface area contributed by atoms with Crippen molar-refractivity contribution < 1.29 is 9.59 Å². The first-order chi connectivity index (χ1) is 10.1. The summed E-state index contributed by atoms with van der Waals surface area (Å²) in [5.74, 6) is -1.36. The molecule has 112 valence electrons. The quantitative estimate of drug-likeness (QED) is 0.819. The number of nitrogens with zero attached hydrogens (tertiary/aromatic N) is 2. The summed E-state index contributed by atoms with van der Waals surface area (Å²) in [7, 11) is 3.87. The predicted octanol–water partition coefficient (Wildman–Crippen LogP) is 1.56. The minimum atomic E-state index is -0.700. The Morgan fingerprint density at radius 1 is 1.29 bits per heavy atom. The summed E-state index contributed by atoms with van der Waals surface area (Å²) in [6.45, 7) is 0.373. The minimum Gasteiger partial charge on any atom is -0.346 e. The van der Waals surface area contributed by atoms with Gasteiger partial charge in [-0.3, -0.25) is 14.9 Å². The van der Waals surface area contributed by atoms with Crippen LogP contribution in [0.5, 0.6) is 0 Å². The van der Waals surface area contributed by atoms with Crippen molar-refractivity contribution in [1.29, 1.82) is 0 Å². The van der Waals surface area contributed by atoms with E-state index in [1.54, 1.807) is 22.9 Å². The number of rotatable bonds is 5. The molecule has 0 aliphatic rings. The van der Waals surface area contributed by atoms with E-state index in [9.17, 15) is 9.59 Å². The van der Waals surface area contributed by atoms with Crippen molar-refractivity contribution in [2.24, 2.45) is 0 Å². The lowest BCUT2D eigenvalue weighted by molar-refractivity contribution is -0.136. The van der Waals surface area contributed by atoms with Gasteiger partial charge in [0.1, 0.15) is 0 Å². The standard InChI is InChI=1S/C13H16N4O2S2/c1-17(2)9(10-4-3-6-20-10)8-15-11(18)12(19)16-13-14-5-7-21-13/h3-7,9H,8H2,1-2H3,(H,15,18)(H,14,16,19)/t9-/m0/s1. The van der Waals surface area contributed by atoms with Gasteiger partial charge in [-0.1, -0.05) is 6.07 Å². The average molecular weight is 324 g/mol. The van der Waals surface area contributed by atoms with Crippen molar-refractivity contribution in [1.82, 2.24) is 15.2 Å². The van der Waals surface area contributed by atoms with Crippen LogP contribution in [0.25, 0.3) is 0 Å². The van der Waals surface area contributed by atoms with Gasteiger partial charge in [0.25, 0.3) is 0 Å². The zero-order valence-electron chi connectivity index (χ0n) is 11.7. The largest absolute Gasteiger partial charge is 0.346 e. The molecule has 0 spiro atoms.